The van der Waals surface area contributed by atoms with Crippen molar-refractivity contribution in [2.24, 2.45) is 23.2 Å². The molecule has 1 amide bonds. The van der Waals surface area contributed by atoms with Gasteiger partial charge >= 0.3 is 0 Å². The molecule has 4 bridgehead atoms. The summed E-state index contributed by atoms with van der Waals surface area (Å²) in [5, 5.41) is 3.17. The minimum absolute atomic E-state index is 0.0609. The largest absolute Gasteiger partial charge is 0.481 e. The number of carbonyl (C=O) groups excluding carboxylic acids is 1. The lowest BCUT2D eigenvalue weighted by molar-refractivity contribution is -0.146. The molecule has 0 atom stereocenters. The maximum Gasteiger partial charge on any atom is 0.226 e. The molecule has 1 N–H and O–H groups in total. The van der Waals surface area contributed by atoms with E-state index in [-0.39, 0.29) is 11.3 Å². The third-order valence-corrected chi connectivity index (χ3v) is 5.98. The third kappa shape index (κ3) is 2.38. The van der Waals surface area contributed by atoms with Gasteiger partial charge in [0.2, 0.25) is 11.8 Å². The van der Waals surface area contributed by atoms with Crippen molar-refractivity contribution in [1.82, 2.24) is 10.3 Å². The molecular weight excluding hydrogens is 276 g/mol. The van der Waals surface area contributed by atoms with Crippen LogP contribution >= 0.6 is 0 Å². The van der Waals surface area contributed by atoms with Crippen molar-refractivity contribution in [3.8, 4) is 5.88 Å². The number of methoxy groups -OCH3 is 1. The Morgan fingerprint density at radius 2 is 1.86 bits per heavy atom. The van der Waals surface area contributed by atoms with Crippen LogP contribution in [0.4, 0.5) is 0 Å². The van der Waals surface area contributed by atoms with Crippen molar-refractivity contribution in [3.63, 3.8) is 0 Å². The molecule has 4 aliphatic carbocycles. The summed E-state index contributed by atoms with van der Waals surface area (Å²) >= 11 is 0. The second-order valence-electron chi connectivity index (χ2n) is 7.59. The molecule has 4 nitrogen and oxygen atoms in total. The zero-order valence-electron chi connectivity index (χ0n) is 13.2. The zero-order chi connectivity index (χ0) is 15.2. The first-order valence-corrected chi connectivity index (χ1v) is 8.44. The van der Waals surface area contributed by atoms with Crippen molar-refractivity contribution >= 4 is 5.91 Å². The number of ether oxygens (including phenoxy) is 1. The maximum absolute atomic E-state index is 12.8. The molecule has 118 valence electrons. The Bertz CT molecular complexity index is 532. The van der Waals surface area contributed by atoms with E-state index in [2.05, 4.69) is 10.3 Å². The smallest absolute Gasteiger partial charge is 0.226 e. The predicted octanol–water partition coefficient (Wildman–Crippen LogP) is 2.92. The minimum atomic E-state index is -0.0609. The first-order chi connectivity index (χ1) is 10.7. The van der Waals surface area contributed by atoms with Gasteiger partial charge in [-0.1, -0.05) is 6.07 Å². The minimum Gasteiger partial charge on any atom is -0.481 e. The summed E-state index contributed by atoms with van der Waals surface area (Å²) in [5.74, 6) is 3.30. The van der Waals surface area contributed by atoms with E-state index in [9.17, 15) is 4.79 Å². The van der Waals surface area contributed by atoms with Gasteiger partial charge in [0.1, 0.15) is 0 Å². The summed E-state index contributed by atoms with van der Waals surface area (Å²) in [5.41, 5.74) is 0.966. The third-order valence-electron chi connectivity index (χ3n) is 5.98. The molecule has 0 unspecified atom stereocenters. The number of nitrogens with zero attached hydrogens (tertiary/aromatic N) is 1. The van der Waals surface area contributed by atoms with Gasteiger partial charge in [-0.2, -0.15) is 0 Å². The Hall–Kier alpha value is -1.58. The molecule has 1 aromatic rings. The summed E-state index contributed by atoms with van der Waals surface area (Å²) in [6.45, 7) is 0.567. The number of hydrogen-bond acceptors (Lipinski definition) is 3. The molecular formula is C18H24N2O2. The summed E-state index contributed by atoms with van der Waals surface area (Å²) in [7, 11) is 1.61. The number of pyridine rings is 1. The van der Waals surface area contributed by atoms with E-state index in [4.69, 9.17) is 4.74 Å². The number of nitrogens with one attached hydrogen (secondary N) is 1. The van der Waals surface area contributed by atoms with Crippen LogP contribution in [0, 0.1) is 23.2 Å². The summed E-state index contributed by atoms with van der Waals surface area (Å²) in [6.07, 6.45) is 9.24. The average Bonchev–Trinajstić information content (AvgIpc) is 2.51. The second kappa shape index (κ2) is 5.25. The molecule has 0 aliphatic heterocycles. The quantitative estimate of drug-likeness (QED) is 0.930. The molecule has 22 heavy (non-hydrogen) atoms. The first-order valence-electron chi connectivity index (χ1n) is 8.44. The Kier molecular flexibility index (Phi) is 3.35. The van der Waals surface area contributed by atoms with Crippen molar-refractivity contribution in [1.29, 1.82) is 0 Å². The second-order valence-corrected chi connectivity index (χ2v) is 7.59. The van der Waals surface area contributed by atoms with Crippen LogP contribution in [0.5, 0.6) is 5.88 Å². The van der Waals surface area contributed by atoms with Gasteiger partial charge in [0.25, 0.3) is 0 Å². The van der Waals surface area contributed by atoms with E-state index >= 15 is 0 Å². The first kappa shape index (κ1) is 14.0. The van der Waals surface area contributed by atoms with E-state index in [1.807, 2.05) is 12.1 Å². The fourth-order valence-electron chi connectivity index (χ4n) is 5.39. The number of amides is 1. The lowest BCUT2D eigenvalue weighted by Gasteiger charge is -2.55. The van der Waals surface area contributed by atoms with E-state index in [1.54, 1.807) is 13.3 Å². The van der Waals surface area contributed by atoms with Crippen LogP contribution in [0.1, 0.15) is 44.1 Å². The number of carbonyl (C=O) groups is 1. The van der Waals surface area contributed by atoms with Crippen LogP contribution in [-0.4, -0.2) is 18.0 Å². The molecule has 5 rings (SSSR count). The average molecular weight is 300 g/mol. The van der Waals surface area contributed by atoms with Crippen LogP contribution < -0.4 is 10.1 Å². The van der Waals surface area contributed by atoms with E-state index < -0.39 is 0 Å². The summed E-state index contributed by atoms with van der Waals surface area (Å²) in [4.78, 5) is 17.0. The molecule has 4 saturated carbocycles. The molecule has 0 aromatic carbocycles. The highest BCUT2D eigenvalue weighted by Gasteiger charge is 2.54. The van der Waals surface area contributed by atoms with Gasteiger partial charge in [-0.3, -0.25) is 4.79 Å². The highest BCUT2D eigenvalue weighted by Crippen LogP contribution is 2.60. The standard InChI is InChI=1S/C18H24N2O2/c1-22-16-3-2-12(10-19-16)11-20-17(21)18-7-13-4-14(8-18)6-15(5-13)9-18/h2-3,10,13-15H,4-9,11H2,1H3,(H,20,21). The lowest BCUT2D eigenvalue weighted by Crippen LogP contribution is -2.53. The number of rotatable bonds is 4. The molecule has 4 fully saturated rings. The monoisotopic (exact) mass is 300 g/mol. The van der Waals surface area contributed by atoms with Gasteiger partial charge in [0.15, 0.2) is 0 Å². The topological polar surface area (TPSA) is 51.2 Å². The van der Waals surface area contributed by atoms with Crippen LogP contribution in [-0.2, 0) is 11.3 Å². The van der Waals surface area contributed by atoms with E-state index in [0.29, 0.717) is 12.4 Å². The zero-order valence-corrected chi connectivity index (χ0v) is 13.2. The van der Waals surface area contributed by atoms with Crippen LogP contribution in [0.3, 0.4) is 0 Å². The predicted molar refractivity (Wildman–Crippen MR) is 83.2 cm³/mol. The SMILES string of the molecule is COc1ccc(CNC(=O)C23CC4CC(CC(C4)C2)C3)cn1. The Morgan fingerprint density at radius 1 is 1.23 bits per heavy atom. The molecule has 0 spiro atoms. The highest BCUT2D eigenvalue weighted by atomic mass is 16.5. The maximum atomic E-state index is 12.8. The number of aromatic nitrogens is 1. The van der Waals surface area contributed by atoms with Gasteiger partial charge in [-0.05, 0) is 61.8 Å². The normalized spacial score (nSPS) is 35.4. The fraction of sp³-hybridized carbons (Fsp3) is 0.667. The van der Waals surface area contributed by atoms with E-state index in [1.165, 1.54) is 19.3 Å². The van der Waals surface area contributed by atoms with Gasteiger partial charge in [-0.25, -0.2) is 4.98 Å². The van der Waals surface area contributed by atoms with Gasteiger partial charge < -0.3 is 10.1 Å². The van der Waals surface area contributed by atoms with Gasteiger partial charge in [0, 0.05) is 24.2 Å². The molecule has 1 heterocycles. The molecule has 4 heteroatoms. The van der Waals surface area contributed by atoms with Gasteiger partial charge in [-0.15, -0.1) is 0 Å². The fourth-order valence-corrected chi connectivity index (χ4v) is 5.39. The van der Waals surface area contributed by atoms with Crippen molar-refractivity contribution in [2.75, 3.05) is 7.11 Å². The van der Waals surface area contributed by atoms with E-state index in [0.717, 1.165) is 42.6 Å². The lowest BCUT2D eigenvalue weighted by atomic mass is 9.49. The molecule has 0 saturated heterocycles. The number of hydrogen-bond donors (Lipinski definition) is 1. The summed E-state index contributed by atoms with van der Waals surface area (Å²) in [6, 6.07) is 3.80. The molecule has 0 radical (unpaired) electrons. The highest BCUT2D eigenvalue weighted by molar-refractivity contribution is 5.83. The Morgan fingerprint density at radius 3 is 2.36 bits per heavy atom. The van der Waals surface area contributed by atoms with Gasteiger partial charge in [0.05, 0.1) is 7.11 Å². The molecule has 4 aliphatic rings. The van der Waals surface area contributed by atoms with Crippen LogP contribution in [0.15, 0.2) is 18.3 Å². The Labute approximate surface area is 131 Å². The van der Waals surface area contributed by atoms with Crippen LogP contribution in [0.2, 0.25) is 0 Å². The van der Waals surface area contributed by atoms with Crippen molar-refractivity contribution in [2.45, 2.75) is 45.1 Å². The Balaban J connectivity index is 1.41. The molecule has 1 aromatic heterocycles. The van der Waals surface area contributed by atoms with Crippen molar-refractivity contribution in [3.05, 3.63) is 23.9 Å². The summed E-state index contributed by atoms with van der Waals surface area (Å²) < 4.78 is 5.06. The van der Waals surface area contributed by atoms with Crippen LogP contribution in [0.25, 0.3) is 0 Å². The van der Waals surface area contributed by atoms with Crippen molar-refractivity contribution < 1.29 is 9.53 Å².